The van der Waals surface area contributed by atoms with E-state index in [9.17, 15) is 13.2 Å². The number of fused-ring (bicyclic) bond motifs is 3. The number of carboxylic acids is 1. The Morgan fingerprint density at radius 1 is 0.892 bits per heavy atom. The number of benzene rings is 3. The topological polar surface area (TPSA) is 158 Å². The van der Waals surface area contributed by atoms with E-state index in [-0.39, 0.29) is 29.7 Å². The molecule has 0 radical (unpaired) electrons. The van der Waals surface area contributed by atoms with Crippen molar-refractivity contribution in [3.8, 4) is 0 Å². The van der Waals surface area contributed by atoms with Gasteiger partial charge < -0.3 is 20.2 Å². The summed E-state index contributed by atoms with van der Waals surface area (Å²) in [6.45, 7) is 2.10. The number of amides is 1. The summed E-state index contributed by atoms with van der Waals surface area (Å²) in [5, 5.41) is 16.5. The van der Waals surface area contributed by atoms with Gasteiger partial charge in [-0.3, -0.25) is 15.0 Å². The summed E-state index contributed by atoms with van der Waals surface area (Å²) in [5.74, 6) is -1.07. The molecule has 37 heavy (non-hydrogen) atoms. The van der Waals surface area contributed by atoms with Crippen molar-refractivity contribution in [2.24, 2.45) is 5.73 Å². The molecule has 1 aromatic heterocycles. The minimum Gasteiger partial charge on any atom is -0.481 e. The number of hydrogen-bond acceptors (Lipinski definition) is 6. The molecule has 0 atom stereocenters. The van der Waals surface area contributed by atoms with Gasteiger partial charge in [0.25, 0.3) is 11.9 Å². The van der Waals surface area contributed by atoms with E-state index in [2.05, 4.69) is 0 Å². The molecule has 5 rings (SSSR count). The lowest BCUT2D eigenvalue weighted by molar-refractivity contribution is -0.134. The number of rotatable bonds is 4. The molecule has 0 aliphatic carbocycles. The summed E-state index contributed by atoms with van der Waals surface area (Å²) in [6.07, 6.45) is 0. The van der Waals surface area contributed by atoms with Crippen LogP contribution >= 0.6 is 0 Å². The summed E-state index contributed by atoms with van der Waals surface area (Å²) >= 11 is 0. The van der Waals surface area contributed by atoms with Crippen LogP contribution in [0.4, 0.5) is 0 Å². The molecule has 192 valence electrons. The van der Waals surface area contributed by atoms with Crippen molar-refractivity contribution in [3.63, 3.8) is 0 Å². The Kier molecular flexibility index (Phi) is 7.28. The zero-order valence-corrected chi connectivity index (χ0v) is 20.9. The second-order valence-electron chi connectivity index (χ2n) is 8.46. The molecule has 2 heterocycles. The zero-order chi connectivity index (χ0) is 26.7. The van der Waals surface area contributed by atoms with Crippen molar-refractivity contribution in [2.45, 2.75) is 11.8 Å². The molecule has 4 N–H and O–H groups in total. The number of carboxylic acid groups (broad SMARTS) is 1. The highest BCUT2D eigenvalue weighted by Gasteiger charge is 2.31. The maximum absolute atomic E-state index is 13.3. The average Bonchev–Trinajstić information content (AvgIpc) is 3.26. The van der Waals surface area contributed by atoms with Gasteiger partial charge >= 0.3 is 0 Å². The van der Waals surface area contributed by atoms with Crippen LogP contribution in [0.5, 0.6) is 0 Å². The lowest BCUT2D eigenvalue weighted by atomic mass is 10.1. The molecular weight excluding hydrogens is 496 g/mol. The van der Waals surface area contributed by atoms with E-state index in [0.717, 1.165) is 17.7 Å². The number of piperazine rings is 1. The molecule has 10 nitrogen and oxygen atoms in total. The number of nitrogens with zero attached hydrogens (tertiary/aromatic N) is 2. The Bertz CT molecular complexity index is 1580. The lowest BCUT2D eigenvalue weighted by Gasteiger charge is -2.34. The monoisotopic (exact) mass is 522 g/mol. The van der Waals surface area contributed by atoms with Crippen molar-refractivity contribution in [2.75, 3.05) is 26.2 Å². The smallest absolute Gasteiger partial charge is 0.300 e. The summed E-state index contributed by atoms with van der Waals surface area (Å²) in [5.41, 5.74) is 7.84. The second kappa shape index (κ2) is 10.4. The first kappa shape index (κ1) is 25.9. The minimum atomic E-state index is -3.71. The minimum absolute atomic E-state index is 0.0607. The van der Waals surface area contributed by atoms with E-state index in [1.165, 1.54) is 4.31 Å². The zero-order valence-electron chi connectivity index (χ0n) is 20.0. The van der Waals surface area contributed by atoms with Crippen molar-refractivity contribution in [3.05, 3.63) is 77.9 Å². The number of nitrogens with two attached hydrogens (primary N) is 1. The first-order chi connectivity index (χ1) is 17.6. The molecule has 0 bridgehead atoms. The predicted octanol–water partition coefficient (Wildman–Crippen LogP) is 3.11. The van der Waals surface area contributed by atoms with Crippen molar-refractivity contribution < 1.29 is 27.5 Å². The Morgan fingerprint density at radius 2 is 1.46 bits per heavy atom. The molecule has 11 heteroatoms. The van der Waals surface area contributed by atoms with Gasteiger partial charge in [-0.15, -0.1) is 0 Å². The number of amidine groups is 1. The number of nitrogen functional groups attached to an aromatic ring is 1. The van der Waals surface area contributed by atoms with Gasteiger partial charge in [-0.05, 0) is 36.4 Å². The second-order valence-corrected chi connectivity index (χ2v) is 10.4. The van der Waals surface area contributed by atoms with Gasteiger partial charge in [0.05, 0.1) is 4.90 Å². The van der Waals surface area contributed by atoms with Crippen molar-refractivity contribution in [1.82, 2.24) is 9.21 Å². The molecular formula is C26H26N4O6S. The molecule has 0 unspecified atom stereocenters. The van der Waals surface area contributed by atoms with E-state index in [1.54, 1.807) is 47.4 Å². The molecule has 0 spiro atoms. The highest BCUT2D eigenvalue weighted by molar-refractivity contribution is 7.89. The molecule has 1 aliphatic heterocycles. The van der Waals surface area contributed by atoms with E-state index >= 15 is 0 Å². The molecule has 3 aromatic carbocycles. The van der Waals surface area contributed by atoms with Crippen molar-refractivity contribution >= 4 is 49.7 Å². The molecule has 1 saturated heterocycles. The number of aliphatic carboxylic acids is 1. The molecule has 1 aliphatic rings. The fourth-order valence-corrected chi connectivity index (χ4v) is 5.57. The number of sulfonamides is 1. The molecule has 1 fully saturated rings. The average molecular weight is 523 g/mol. The van der Waals surface area contributed by atoms with E-state index in [1.807, 2.05) is 24.3 Å². The fourth-order valence-electron chi connectivity index (χ4n) is 4.12. The molecule has 0 saturated carbocycles. The third kappa shape index (κ3) is 5.47. The van der Waals surface area contributed by atoms with Gasteiger partial charge in [0.2, 0.25) is 10.0 Å². The van der Waals surface area contributed by atoms with Crippen LogP contribution in [0.1, 0.15) is 22.8 Å². The summed E-state index contributed by atoms with van der Waals surface area (Å²) in [7, 11) is -3.71. The van der Waals surface area contributed by atoms with Crippen LogP contribution in [0.25, 0.3) is 21.9 Å². The van der Waals surface area contributed by atoms with E-state index in [0.29, 0.717) is 35.4 Å². The summed E-state index contributed by atoms with van der Waals surface area (Å²) in [4.78, 5) is 23.7. The SMILES string of the molecule is CC(=O)O.N=C(N)c1ccc(C(=O)N2CCN(S(=O)(=O)c3ccc4oc5ccccc5c4c3)CC2)cc1. The van der Waals surface area contributed by atoms with Crippen LogP contribution in [-0.2, 0) is 14.8 Å². The number of para-hydroxylation sites is 1. The first-order valence-electron chi connectivity index (χ1n) is 11.4. The third-order valence-corrected chi connectivity index (χ3v) is 7.85. The number of hydrogen-bond donors (Lipinski definition) is 3. The highest BCUT2D eigenvalue weighted by Crippen LogP contribution is 2.31. The van der Waals surface area contributed by atoms with Gasteiger partial charge in [-0.25, -0.2) is 8.42 Å². The Hall–Kier alpha value is -4.22. The lowest BCUT2D eigenvalue weighted by Crippen LogP contribution is -2.50. The van der Waals surface area contributed by atoms with Crippen LogP contribution in [0.3, 0.4) is 0 Å². The van der Waals surface area contributed by atoms with Crippen molar-refractivity contribution in [1.29, 1.82) is 5.41 Å². The van der Waals surface area contributed by atoms with Gasteiger partial charge in [0.1, 0.15) is 17.0 Å². The summed E-state index contributed by atoms with van der Waals surface area (Å²) < 4.78 is 33.8. The van der Waals surface area contributed by atoms with Crippen LogP contribution in [0.2, 0.25) is 0 Å². The third-order valence-electron chi connectivity index (χ3n) is 5.95. The Morgan fingerprint density at radius 3 is 2.08 bits per heavy atom. The predicted molar refractivity (Wildman–Crippen MR) is 139 cm³/mol. The highest BCUT2D eigenvalue weighted by atomic mass is 32.2. The van der Waals surface area contributed by atoms with Crippen LogP contribution in [0.15, 0.2) is 76.0 Å². The maximum Gasteiger partial charge on any atom is 0.300 e. The number of nitrogens with one attached hydrogen (secondary N) is 1. The van der Waals surface area contributed by atoms with Gasteiger partial charge in [-0.1, -0.05) is 30.3 Å². The van der Waals surface area contributed by atoms with E-state index < -0.39 is 16.0 Å². The largest absolute Gasteiger partial charge is 0.481 e. The van der Waals surface area contributed by atoms with Gasteiger partial charge in [0, 0.05) is 55.0 Å². The van der Waals surface area contributed by atoms with Crippen LogP contribution in [0, 0.1) is 5.41 Å². The molecule has 4 aromatic rings. The fraction of sp³-hybridized carbons (Fsp3) is 0.192. The van der Waals surface area contributed by atoms with Crippen LogP contribution < -0.4 is 5.73 Å². The molecule has 1 amide bonds. The quantitative estimate of drug-likeness (QED) is 0.274. The number of carbonyl (C=O) groups is 2. The maximum atomic E-state index is 13.3. The van der Waals surface area contributed by atoms with Crippen LogP contribution in [-0.4, -0.2) is 66.6 Å². The first-order valence-corrected chi connectivity index (χ1v) is 12.9. The Balaban J connectivity index is 0.000000747. The summed E-state index contributed by atoms with van der Waals surface area (Å²) in [6, 6.07) is 19.0. The normalized spacial score (nSPS) is 14.2. The Labute approximate surface area is 213 Å². The van der Waals surface area contributed by atoms with Gasteiger partial charge in [0.15, 0.2) is 0 Å². The number of furan rings is 1. The van der Waals surface area contributed by atoms with E-state index in [4.69, 9.17) is 25.5 Å². The standard InChI is InChI=1S/C24H22N4O4S.C2H4O2/c25-23(26)16-5-7-17(8-6-16)24(29)27-11-13-28(14-12-27)33(30,31)18-9-10-22-20(15-18)19-3-1-2-4-21(19)32-22;1-2(3)4/h1-10,15H,11-14H2,(H3,25,26);1H3,(H,3,4). The van der Waals surface area contributed by atoms with Gasteiger partial charge in [-0.2, -0.15) is 4.31 Å². The number of carbonyl (C=O) groups excluding carboxylic acids is 1.